The van der Waals surface area contributed by atoms with Gasteiger partial charge in [0, 0.05) is 5.41 Å². The van der Waals surface area contributed by atoms with E-state index in [1.54, 1.807) is 5.57 Å². The van der Waals surface area contributed by atoms with Crippen LogP contribution in [0.2, 0.25) is 0 Å². The van der Waals surface area contributed by atoms with Crippen LogP contribution in [0.15, 0.2) is 42.0 Å². The van der Waals surface area contributed by atoms with Crippen LogP contribution in [0.3, 0.4) is 0 Å². The van der Waals surface area contributed by atoms with Gasteiger partial charge in [-0.15, -0.1) is 0 Å². The number of nitrogens with two attached hydrogens (primary N) is 1. The van der Waals surface area contributed by atoms with Crippen molar-refractivity contribution in [3.63, 3.8) is 0 Å². The molecule has 3 fully saturated rings. The Morgan fingerprint density at radius 3 is 2.50 bits per heavy atom. The lowest BCUT2D eigenvalue weighted by Crippen LogP contribution is -2.51. The fraction of sp³-hybridized carbons (Fsp3) is 0.591. The second-order valence-electron chi connectivity index (χ2n) is 8.96. The summed E-state index contributed by atoms with van der Waals surface area (Å²) < 4.78 is 0. The number of amides is 1. The smallest absolute Gasteiger partial charge is 0.223 e. The summed E-state index contributed by atoms with van der Waals surface area (Å²) in [5, 5.41) is 0. The van der Waals surface area contributed by atoms with E-state index in [1.807, 2.05) is 0 Å². The number of fused-ring (bicyclic) bond motifs is 2. The number of hydrogen-bond donors (Lipinski definition) is 1. The van der Waals surface area contributed by atoms with E-state index in [9.17, 15) is 4.79 Å². The van der Waals surface area contributed by atoms with Crippen molar-refractivity contribution in [2.24, 2.45) is 28.9 Å². The highest BCUT2D eigenvalue weighted by atomic mass is 16.1. The van der Waals surface area contributed by atoms with E-state index in [0.29, 0.717) is 11.8 Å². The fourth-order valence-electron chi connectivity index (χ4n) is 5.63. The summed E-state index contributed by atoms with van der Waals surface area (Å²) in [5.74, 6) is 1.81. The van der Waals surface area contributed by atoms with Gasteiger partial charge in [0.25, 0.3) is 0 Å². The molecule has 2 bridgehead atoms. The van der Waals surface area contributed by atoms with E-state index < -0.39 is 0 Å². The second-order valence-corrected chi connectivity index (χ2v) is 8.96. The molecular formula is C22H29NO. The van der Waals surface area contributed by atoms with E-state index >= 15 is 0 Å². The molecule has 1 amide bonds. The Morgan fingerprint density at radius 1 is 1.17 bits per heavy atom. The van der Waals surface area contributed by atoms with Gasteiger partial charge in [-0.05, 0) is 67.3 Å². The lowest BCUT2D eigenvalue weighted by atomic mass is 9.49. The molecule has 0 saturated heterocycles. The van der Waals surface area contributed by atoms with E-state index in [0.717, 1.165) is 25.2 Å². The molecule has 1 aromatic rings. The number of primary amides is 1. The van der Waals surface area contributed by atoms with E-state index in [-0.39, 0.29) is 16.7 Å². The first-order valence-electron chi connectivity index (χ1n) is 9.49. The number of allylic oxidation sites excluding steroid dienone is 2. The van der Waals surface area contributed by atoms with Gasteiger partial charge in [0.15, 0.2) is 0 Å². The number of carbonyl (C=O) groups is 1. The van der Waals surface area contributed by atoms with Crippen LogP contribution in [0, 0.1) is 23.2 Å². The van der Waals surface area contributed by atoms with Gasteiger partial charge in [-0.3, -0.25) is 4.79 Å². The summed E-state index contributed by atoms with van der Waals surface area (Å²) in [6.45, 7) is 4.49. The number of rotatable bonds is 3. The average molecular weight is 323 g/mol. The van der Waals surface area contributed by atoms with Crippen LogP contribution in [0.25, 0.3) is 0 Å². The van der Waals surface area contributed by atoms with Crippen LogP contribution in [-0.2, 0) is 10.2 Å². The van der Waals surface area contributed by atoms with Crippen molar-refractivity contribution < 1.29 is 4.79 Å². The predicted octanol–water partition coefficient (Wildman–Crippen LogP) is 4.59. The third-order valence-electron chi connectivity index (χ3n) is 6.83. The van der Waals surface area contributed by atoms with Crippen LogP contribution in [0.1, 0.15) is 57.9 Å². The molecule has 24 heavy (non-hydrogen) atoms. The van der Waals surface area contributed by atoms with Crippen molar-refractivity contribution in [2.75, 3.05) is 0 Å². The van der Waals surface area contributed by atoms with E-state index in [4.69, 9.17) is 5.73 Å². The van der Waals surface area contributed by atoms with Gasteiger partial charge in [-0.1, -0.05) is 55.8 Å². The first-order valence-corrected chi connectivity index (χ1v) is 9.49. The monoisotopic (exact) mass is 323 g/mol. The molecule has 0 aliphatic heterocycles. The van der Waals surface area contributed by atoms with Crippen LogP contribution < -0.4 is 5.73 Å². The third-order valence-corrected chi connectivity index (χ3v) is 6.83. The zero-order chi connectivity index (χ0) is 16.9. The van der Waals surface area contributed by atoms with Crippen LogP contribution in [-0.4, -0.2) is 5.91 Å². The second kappa shape index (κ2) is 5.47. The molecule has 4 rings (SSSR count). The molecule has 0 aromatic heterocycles. The van der Waals surface area contributed by atoms with Crippen molar-refractivity contribution in [1.29, 1.82) is 0 Å². The topological polar surface area (TPSA) is 43.1 Å². The molecule has 3 aliphatic rings. The van der Waals surface area contributed by atoms with Gasteiger partial charge in [-0.25, -0.2) is 0 Å². The molecule has 0 heterocycles. The van der Waals surface area contributed by atoms with Crippen LogP contribution in [0.4, 0.5) is 0 Å². The van der Waals surface area contributed by atoms with E-state index in [1.165, 1.54) is 24.8 Å². The van der Waals surface area contributed by atoms with Crippen molar-refractivity contribution >= 4 is 5.91 Å². The minimum Gasteiger partial charge on any atom is -0.369 e. The molecule has 0 spiro atoms. The molecule has 0 radical (unpaired) electrons. The van der Waals surface area contributed by atoms with Crippen molar-refractivity contribution in [2.45, 2.75) is 57.8 Å². The normalized spacial score (nSPS) is 40.5. The molecule has 2 nitrogen and oxygen atoms in total. The maximum atomic E-state index is 12.3. The first-order chi connectivity index (χ1) is 11.4. The van der Waals surface area contributed by atoms with Crippen LogP contribution in [0.5, 0.6) is 0 Å². The standard InChI is InChI=1S/C22H29NO/c1-15-11-22(18-6-4-3-5-7-18)13-17(19(15)10-16-8-9-16)12-21(2,14-22)20(23)24/h3-7,10,15-17H,8-9,11-14H2,1-2H3,(H2,23,24)/b19-10+. The maximum absolute atomic E-state index is 12.3. The number of hydrogen-bond acceptors (Lipinski definition) is 1. The number of benzene rings is 1. The molecule has 2 N–H and O–H groups in total. The Hall–Kier alpha value is -1.57. The van der Waals surface area contributed by atoms with Crippen molar-refractivity contribution in [1.82, 2.24) is 0 Å². The molecular weight excluding hydrogens is 294 g/mol. The summed E-state index contributed by atoms with van der Waals surface area (Å²) in [7, 11) is 0. The van der Waals surface area contributed by atoms with Gasteiger partial charge in [0.2, 0.25) is 5.91 Å². The zero-order valence-corrected chi connectivity index (χ0v) is 14.9. The Kier molecular flexibility index (Phi) is 3.63. The van der Waals surface area contributed by atoms with Gasteiger partial charge >= 0.3 is 0 Å². The minimum absolute atomic E-state index is 0.105. The van der Waals surface area contributed by atoms with Gasteiger partial charge in [0.1, 0.15) is 0 Å². The third kappa shape index (κ3) is 2.60. The highest BCUT2D eigenvalue weighted by molar-refractivity contribution is 5.81. The highest BCUT2D eigenvalue weighted by Gasteiger charge is 2.54. The summed E-state index contributed by atoms with van der Waals surface area (Å²) >= 11 is 0. The van der Waals surface area contributed by atoms with Crippen molar-refractivity contribution in [3.8, 4) is 0 Å². The lowest BCUT2D eigenvalue weighted by molar-refractivity contribution is -0.131. The SMILES string of the molecule is CC1CC2(c3ccccc3)CC(CC(C)(C(N)=O)C2)/C1=C/C1CC1. The molecule has 3 saturated carbocycles. The van der Waals surface area contributed by atoms with Gasteiger partial charge in [0.05, 0.1) is 0 Å². The zero-order valence-electron chi connectivity index (χ0n) is 14.9. The molecule has 4 unspecified atom stereocenters. The predicted molar refractivity (Wildman–Crippen MR) is 97.4 cm³/mol. The fourth-order valence-corrected chi connectivity index (χ4v) is 5.63. The summed E-state index contributed by atoms with van der Waals surface area (Å²) in [4.78, 5) is 12.3. The first kappa shape index (κ1) is 15.9. The van der Waals surface area contributed by atoms with Crippen LogP contribution >= 0.6 is 0 Å². The van der Waals surface area contributed by atoms with E-state index in [2.05, 4.69) is 50.3 Å². The average Bonchev–Trinajstić information content (AvgIpc) is 3.36. The Bertz CT molecular complexity index is 670. The highest BCUT2D eigenvalue weighted by Crippen LogP contribution is 2.60. The molecule has 128 valence electrons. The number of carbonyl (C=O) groups excluding carboxylic acids is 1. The molecule has 4 atom stereocenters. The Labute approximate surface area is 145 Å². The largest absolute Gasteiger partial charge is 0.369 e. The maximum Gasteiger partial charge on any atom is 0.223 e. The minimum atomic E-state index is -0.387. The Balaban J connectivity index is 1.77. The summed E-state index contributed by atoms with van der Waals surface area (Å²) in [6.07, 6.45) is 9.41. The quantitative estimate of drug-likeness (QED) is 0.812. The summed E-state index contributed by atoms with van der Waals surface area (Å²) in [5.41, 5.74) is 8.62. The molecule has 2 heteroatoms. The van der Waals surface area contributed by atoms with Crippen molar-refractivity contribution in [3.05, 3.63) is 47.5 Å². The Morgan fingerprint density at radius 2 is 1.88 bits per heavy atom. The lowest BCUT2D eigenvalue weighted by Gasteiger charge is -2.55. The molecule has 3 aliphatic carbocycles. The van der Waals surface area contributed by atoms with Gasteiger partial charge < -0.3 is 5.73 Å². The molecule has 1 aromatic carbocycles. The van der Waals surface area contributed by atoms with Gasteiger partial charge in [-0.2, -0.15) is 0 Å². The summed E-state index contributed by atoms with van der Waals surface area (Å²) in [6, 6.07) is 10.9.